The number of aryl methyl sites for hydroxylation is 1. The number of benzene rings is 1. The highest BCUT2D eigenvalue weighted by Gasteiger charge is 1.98. The van der Waals surface area contributed by atoms with E-state index in [-0.39, 0.29) is 11.7 Å². The molecular formula is C14H13FN2OS. The largest absolute Gasteiger partial charge is 0.348 e. The number of aromatic nitrogens is 1. The summed E-state index contributed by atoms with van der Waals surface area (Å²) in [6.45, 7) is 2.29. The summed E-state index contributed by atoms with van der Waals surface area (Å²) in [7, 11) is 0. The fraction of sp³-hybridized carbons (Fsp3) is 0.143. The molecule has 5 heteroatoms. The van der Waals surface area contributed by atoms with Gasteiger partial charge in [-0.2, -0.15) is 0 Å². The molecule has 98 valence electrons. The second-order valence-electron chi connectivity index (χ2n) is 3.97. The third-order valence-electron chi connectivity index (χ3n) is 2.42. The first kappa shape index (κ1) is 13.4. The minimum atomic E-state index is -0.283. The van der Waals surface area contributed by atoms with Gasteiger partial charge in [-0.15, -0.1) is 11.3 Å². The average molecular weight is 276 g/mol. The van der Waals surface area contributed by atoms with Crippen molar-refractivity contribution in [1.29, 1.82) is 0 Å². The monoisotopic (exact) mass is 276 g/mol. The zero-order chi connectivity index (χ0) is 13.7. The summed E-state index contributed by atoms with van der Waals surface area (Å²) < 4.78 is 12.7. The van der Waals surface area contributed by atoms with Crippen LogP contribution in [0.1, 0.15) is 16.3 Å². The molecule has 1 aromatic heterocycles. The van der Waals surface area contributed by atoms with Crippen LogP contribution < -0.4 is 5.32 Å². The van der Waals surface area contributed by atoms with E-state index in [2.05, 4.69) is 10.3 Å². The van der Waals surface area contributed by atoms with Crippen LogP contribution in [0.5, 0.6) is 0 Å². The first-order valence-electron chi connectivity index (χ1n) is 5.76. The predicted octanol–water partition coefficient (Wildman–Crippen LogP) is 2.92. The molecule has 19 heavy (non-hydrogen) atoms. The zero-order valence-electron chi connectivity index (χ0n) is 10.4. The molecule has 0 fully saturated rings. The van der Waals surface area contributed by atoms with E-state index in [0.29, 0.717) is 6.54 Å². The SMILES string of the molecule is Cc1nc(/C=C/C(=O)NCc2ccc(F)cc2)cs1. The number of nitrogens with zero attached hydrogens (tertiary/aromatic N) is 1. The van der Waals surface area contributed by atoms with E-state index < -0.39 is 0 Å². The van der Waals surface area contributed by atoms with Crippen molar-refractivity contribution in [3.8, 4) is 0 Å². The number of amides is 1. The molecule has 2 rings (SSSR count). The fourth-order valence-corrected chi connectivity index (χ4v) is 2.05. The molecule has 0 bridgehead atoms. The summed E-state index contributed by atoms with van der Waals surface area (Å²) in [5.41, 5.74) is 1.63. The van der Waals surface area contributed by atoms with Gasteiger partial charge in [0, 0.05) is 18.0 Å². The van der Waals surface area contributed by atoms with Gasteiger partial charge in [0.05, 0.1) is 10.7 Å². The standard InChI is InChI=1S/C14H13FN2OS/c1-10-17-13(9-19-10)6-7-14(18)16-8-11-2-4-12(15)5-3-11/h2-7,9H,8H2,1H3,(H,16,18)/b7-6+. The van der Waals surface area contributed by atoms with Crippen LogP contribution in [0.4, 0.5) is 4.39 Å². The second kappa shape index (κ2) is 6.24. The number of carbonyl (C=O) groups is 1. The number of hydrogen-bond acceptors (Lipinski definition) is 3. The Morgan fingerprint density at radius 1 is 1.42 bits per heavy atom. The van der Waals surface area contributed by atoms with Gasteiger partial charge in [0.2, 0.25) is 5.91 Å². The lowest BCUT2D eigenvalue weighted by atomic mass is 10.2. The van der Waals surface area contributed by atoms with E-state index in [9.17, 15) is 9.18 Å². The zero-order valence-corrected chi connectivity index (χ0v) is 11.2. The predicted molar refractivity (Wildman–Crippen MR) is 74.1 cm³/mol. The molecule has 0 aliphatic rings. The Morgan fingerprint density at radius 2 is 2.16 bits per heavy atom. The number of halogens is 1. The first-order chi connectivity index (χ1) is 9.13. The topological polar surface area (TPSA) is 42.0 Å². The van der Waals surface area contributed by atoms with Crippen molar-refractivity contribution in [2.24, 2.45) is 0 Å². The van der Waals surface area contributed by atoms with Crippen molar-refractivity contribution in [2.45, 2.75) is 13.5 Å². The summed E-state index contributed by atoms with van der Waals surface area (Å²) in [4.78, 5) is 15.8. The van der Waals surface area contributed by atoms with Crippen molar-refractivity contribution in [1.82, 2.24) is 10.3 Å². The van der Waals surface area contributed by atoms with E-state index in [4.69, 9.17) is 0 Å². The number of carbonyl (C=O) groups excluding carboxylic acids is 1. The Hall–Kier alpha value is -2.01. The molecule has 0 radical (unpaired) electrons. The van der Waals surface area contributed by atoms with Gasteiger partial charge in [0.1, 0.15) is 5.82 Å². The lowest BCUT2D eigenvalue weighted by molar-refractivity contribution is -0.116. The maximum atomic E-state index is 12.7. The quantitative estimate of drug-likeness (QED) is 0.872. The number of hydrogen-bond donors (Lipinski definition) is 1. The molecule has 2 aromatic rings. The lowest BCUT2D eigenvalue weighted by Gasteiger charge is -2.01. The molecule has 3 nitrogen and oxygen atoms in total. The highest BCUT2D eigenvalue weighted by Crippen LogP contribution is 2.09. The third kappa shape index (κ3) is 4.30. The van der Waals surface area contributed by atoms with Crippen molar-refractivity contribution < 1.29 is 9.18 Å². The molecule has 0 atom stereocenters. The van der Waals surface area contributed by atoms with E-state index in [0.717, 1.165) is 16.3 Å². The summed E-state index contributed by atoms with van der Waals surface area (Å²) in [5, 5.41) is 5.58. The normalized spacial score (nSPS) is 10.8. The summed E-state index contributed by atoms with van der Waals surface area (Å²) >= 11 is 1.54. The molecule has 0 aliphatic heterocycles. The van der Waals surface area contributed by atoms with Crippen molar-refractivity contribution in [2.75, 3.05) is 0 Å². The smallest absolute Gasteiger partial charge is 0.244 e. The van der Waals surface area contributed by atoms with Gasteiger partial charge < -0.3 is 5.32 Å². The van der Waals surface area contributed by atoms with Crippen molar-refractivity contribution in [3.05, 3.63) is 57.8 Å². The molecule has 1 N–H and O–H groups in total. The van der Waals surface area contributed by atoms with Gasteiger partial charge >= 0.3 is 0 Å². The fourth-order valence-electron chi connectivity index (χ4n) is 1.47. The molecule has 0 aliphatic carbocycles. The maximum absolute atomic E-state index is 12.7. The Kier molecular flexibility index (Phi) is 4.41. The summed E-state index contributed by atoms with van der Waals surface area (Å²) in [6, 6.07) is 6.02. The van der Waals surface area contributed by atoms with Crippen LogP contribution in [-0.2, 0) is 11.3 Å². The van der Waals surface area contributed by atoms with Crippen LogP contribution >= 0.6 is 11.3 Å². The van der Waals surface area contributed by atoms with E-state index in [1.54, 1.807) is 18.2 Å². The second-order valence-corrected chi connectivity index (χ2v) is 5.03. The molecule has 1 heterocycles. The van der Waals surface area contributed by atoms with Gasteiger partial charge in [-0.3, -0.25) is 4.79 Å². The van der Waals surface area contributed by atoms with Gasteiger partial charge in [0.25, 0.3) is 0 Å². The Balaban J connectivity index is 1.84. The van der Waals surface area contributed by atoms with Crippen LogP contribution in [0.2, 0.25) is 0 Å². The van der Waals surface area contributed by atoms with E-state index in [1.807, 2.05) is 12.3 Å². The van der Waals surface area contributed by atoms with Gasteiger partial charge in [-0.1, -0.05) is 12.1 Å². The molecule has 0 saturated carbocycles. The highest BCUT2D eigenvalue weighted by molar-refractivity contribution is 7.09. The molecule has 0 saturated heterocycles. The summed E-state index contributed by atoms with van der Waals surface area (Å²) in [5.74, 6) is -0.483. The van der Waals surface area contributed by atoms with Crippen molar-refractivity contribution in [3.63, 3.8) is 0 Å². The minimum absolute atomic E-state index is 0.199. The molecule has 0 unspecified atom stereocenters. The Morgan fingerprint density at radius 3 is 2.79 bits per heavy atom. The van der Waals surface area contributed by atoms with Crippen LogP contribution in [-0.4, -0.2) is 10.9 Å². The van der Waals surface area contributed by atoms with Gasteiger partial charge in [-0.05, 0) is 30.7 Å². The summed E-state index contributed by atoms with van der Waals surface area (Å²) in [6.07, 6.45) is 3.11. The Labute approximate surface area is 114 Å². The first-order valence-corrected chi connectivity index (χ1v) is 6.64. The molecule has 1 amide bonds. The number of nitrogens with one attached hydrogen (secondary N) is 1. The van der Waals surface area contributed by atoms with Crippen LogP contribution in [0.3, 0.4) is 0 Å². The van der Waals surface area contributed by atoms with Crippen LogP contribution in [0.15, 0.2) is 35.7 Å². The number of thiazole rings is 1. The molecule has 1 aromatic carbocycles. The highest BCUT2D eigenvalue weighted by atomic mass is 32.1. The van der Waals surface area contributed by atoms with Crippen LogP contribution in [0, 0.1) is 12.7 Å². The van der Waals surface area contributed by atoms with Gasteiger partial charge in [0.15, 0.2) is 0 Å². The van der Waals surface area contributed by atoms with Crippen LogP contribution in [0.25, 0.3) is 6.08 Å². The third-order valence-corrected chi connectivity index (χ3v) is 3.21. The minimum Gasteiger partial charge on any atom is -0.348 e. The molecule has 0 spiro atoms. The molecular weight excluding hydrogens is 263 g/mol. The average Bonchev–Trinajstić information content (AvgIpc) is 2.81. The number of rotatable bonds is 4. The van der Waals surface area contributed by atoms with E-state index in [1.165, 1.54) is 29.5 Å². The van der Waals surface area contributed by atoms with E-state index >= 15 is 0 Å². The van der Waals surface area contributed by atoms with Gasteiger partial charge in [-0.25, -0.2) is 9.37 Å². The Bertz CT molecular complexity index is 590. The maximum Gasteiger partial charge on any atom is 0.244 e. The van der Waals surface area contributed by atoms with Crippen molar-refractivity contribution >= 4 is 23.3 Å². The lowest BCUT2D eigenvalue weighted by Crippen LogP contribution is -2.20.